The minimum absolute atomic E-state index is 0.200. The summed E-state index contributed by atoms with van der Waals surface area (Å²) < 4.78 is 15.7. The molecule has 0 saturated heterocycles. The molecule has 2 rings (SSSR count). The van der Waals surface area contributed by atoms with Crippen LogP contribution in [0.25, 0.3) is 11.0 Å². The summed E-state index contributed by atoms with van der Waals surface area (Å²) in [5, 5.41) is 0. The Labute approximate surface area is 116 Å². The number of imidazole rings is 1. The highest BCUT2D eigenvalue weighted by atomic mass is 35.5. The standard InChI is InChI=1S/C13H16ClFN2S/c1-9-7-12-11(8-10(9)15)16-13(3-4-14)17(12)5-6-18-2/h7-8H,3-6H2,1-2H3. The van der Waals surface area contributed by atoms with Gasteiger partial charge in [-0.2, -0.15) is 11.8 Å². The van der Waals surface area contributed by atoms with Crippen molar-refractivity contribution in [3.05, 3.63) is 29.3 Å². The van der Waals surface area contributed by atoms with Crippen molar-refractivity contribution in [1.82, 2.24) is 9.55 Å². The molecule has 2 nitrogen and oxygen atoms in total. The molecule has 0 unspecified atom stereocenters. The Kier molecular flexibility index (Phi) is 4.51. The van der Waals surface area contributed by atoms with Crippen molar-refractivity contribution < 1.29 is 4.39 Å². The molecule has 0 radical (unpaired) electrons. The quantitative estimate of drug-likeness (QED) is 0.781. The topological polar surface area (TPSA) is 17.8 Å². The van der Waals surface area contributed by atoms with Crippen LogP contribution in [0.1, 0.15) is 11.4 Å². The van der Waals surface area contributed by atoms with Gasteiger partial charge in [0, 0.05) is 30.7 Å². The van der Waals surface area contributed by atoms with Crippen LogP contribution in [0.15, 0.2) is 12.1 Å². The number of halogens is 2. The van der Waals surface area contributed by atoms with Gasteiger partial charge in [-0.25, -0.2) is 9.37 Å². The maximum Gasteiger partial charge on any atom is 0.128 e. The van der Waals surface area contributed by atoms with Gasteiger partial charge in [-0.3, -0.25) is 0 Å². The first kappa shape index (κ1) is 13.7. The normalized spacial score (nSPS) is 11.3. The minimum Gasteiger partial charge on any atom is -0.327 e. The predicted octanol–water partition coefficient (Wildman–Crippen LogP) is 3.63. The van der Waals surface area contributed by atoms with E-state index in [2.05, 4.69) is 15.8 Å². The van der Waals surface area contributed by atoms with E-state index in [1.165, 1.54) is 6.07 Å². The lowest BCUT2D eigenvalue weighted by Crippen LogP contribution is -2.06. The third-order valence-corrected chi connectivity index (χ3v) is 3.72. The van der Waals surface area contributed by atoms with E-state index >= 15 is 0 Å². The van der Waals surface area contributed by atoms with Gasteiger partial charge in [-0.05, 0) is 24.8 Å². The van der Waals surface area contributed by atoms with Crippen LogP contribution in [0, 0.1) is 12.7 Å². The van der Waals surface area contributed by atoms with Gasteiger partial charge in [0.2, 0.25) is 0 Å². The molecule has 98 valence electrons. The average Bonchev–Trinajstić information content (AvgIpc) is 2.65. The second-order valence-corrected chi connectivity index (χ2v) is 5.57. The molecule has 0 aliphatic heterocycles. The number of aryl methyl sites for hydroxylation is 3. The first-order valence-electron chi connectivity index (χ1n) is 5.87. The molecule has 0 atom stereocenters. The van der Waals surface area contributed by atoms with Gasteiger partial charge < -0.3 is 4.57 Å². The zero-order chi connectivity index (χ0) is 13.1. The fourth-order valence-electron chi connectivity index (χ4n) is 2.01. The SMILES string of the molecule is CSCCn1c(CCCl)nc2cc(F)c(C)cc21. The molecule has 0 aliphatic rings. The second-order valence-electron chi connectivity index (χ2n) is 4.20. The summed E-state index contributed by atoms with van der Waals surface area (Å²) in [7, 11) is 0. The Morgan fingerprint density at radius 2 is 2.22 bits per heavy atom. The van der Waals surface area contributed by atoms with E-state index in [0.29, 0.717) is 17.9 Å². The van der Waals surface area contributed by atoms with E-state index in [-0.39, 0.29) is 5.82 Å². The molecule has 1 aromatic heterocycles. The molecule has 1 heterocycles. The summed E-state index contributed by atoms with van der Waals surface area (Å²) in [4.78, 5) is 4.49. The third-order valence-electron chi connectivity index (χ3n) is 2.94. The van der Waals surface area contributed by atoms with Crippen molar-refractivity contribution >= 4 is 34.4 Å². The number of hydrogen-bond donors (Lipinski definition) is 0. The maximum atomic E-state index is 13.5. The number of thioether (sulfide) groups is 1. The van der Waals surface area contributed by atoms with Crippen molar-refractivity contribution in [3.8, 4) is 0 Å². The third kappa shape index (κ3) is 2.64. The van der Waals surface area contributed by atoms with Crippen molar-refractivity contribution in [1.29, 1.82) is 0 Å². The highest BCUT2D eigenvalue weighted by molar-refractivity contribution is 7.98. The first-order chi connectivity index (χ1) is 8.67. The molecular formula is C13H16ClFN2S. The van der Waals surface area contributed by atoms with E-state index in [9.17, 15) is 4.39 Å². The van der Waals surface area contributed by atoms with Crippen molar-refractivity contribution in [2.45, 2.75) is 19.9 Å². The summed E-state index contributed by atoms with van der Waals surface area (Å²) in [6, 6.07) is 3.38. The van der Waals surface area contributed by atoms with Crippen LogP contribution in [0.4, 0.5) is 4.39 Å². The predicted molar refractivity (Wildman–Crippen MR) is 77.2 cm³/mol. The Bertz CT molecular complexity index is 553. The molecule has 0 aliphatic carbocycles. The highest BCUT2D eigenvalue weighted by Gasteiger charge is 2.12. The van der Waals surface area contributed by atoms with Gasteiger partial charge in [0.05, 0.1) is 11.0 Å². The van der Waals surface area contributed by atoms with Crippen LogP contribution in [0.3, 0.4) is 0 Å². The molecule has 1 aromatic carbocycles. The van der Waals surface area contributed by atoms with E-state index in [0.717, 1.165) is 29.2 Å². The lowest BCUT2D eigenvalue weighted by atomic mass is 10.2. The molecule has 18 heavy (non-hydrogen) atoms. The van der Waals surface area contributed by atoms with Crippen LogP contribution in [-0.2, 0) is 13.0 Å². The highest BCUT2D eigenvalue weighted by Crippen LogP contribution is 2.21. The number of aromatic nitrogens is 2. The molecule has 0 fully saturated rings. The lowest BCUT2D eigenvalue weighted by Gasteiger charge is -2.07. The number of nitrogens with zero attached hydrogens (tertiary/aromatic N) is 2. The average molecular weight is 287 g/mol. The van der Waals surface area contributed by atoms with E-state index in [1.54, 1.807) is 18.7 Å². The molecule has 5 heteroatoms. The second kappa shape index (κ2) is 5.93. The first-order valence-corrected chi connectivity index (χ1v) is 7.80. The summed E-state index contributed by atoms with van der Waals surface area (Å²) in [5.74, 6) is 2.29. The zero-order valence-corrected chi connectivity index (χ0v) is 12.1. The van der Waals surface area contributed by atoms with Gasteiger partial charge in [0.15, 0.2) is 0 Å². The fourth-order valence-corrected chi connectivity index (χ4v) is 2.54. The van der Waals surface area contributed by atoms with Crippen LogP contribution >= 0.6 is 23.4 Å². The molecular weight excluding hydrogens is 271 g/mol. The van der Waals surface area contributed by atoms with E-state index in [1.807, 2.05) is 6.07 Å². The van der Waals surface area contributed by atoms with Crippen LogP contribution in [-0.4, -0.2) is 27.4 Å². The molecule has 0 spiro atoms. The van der Waals surface area contributed by atoms with Gasteiger partial charge in [-0.15, -0.1) is 11.6 Å². The largest absolute Gasteiger partial charge is 0.327 e. The Hall–Kier alpha value is -0.740. The van der Waals surface area contributed by atoms with E-state index < -0.39 is 0 Å². The molecule has 0 amide bonds. The van der Waals surface area contributed by atoms with Gasteiger partial charge in [0.25, 0.3) is 0 Å². The van der Waals surface area contributed by atoms with E-state index in [4.69, 9.17) is 11.6 Å². The summed E-state index contributed by atoms with van der Waals surface area (Å²) in [6.45, 7) is 2.66. The number of rotatable bonds is 5. The molecule has 0 saturated carbocycles. The number of alkyl halides is 1. The minimum atomic E-state index is -0.200. The Morgan fingerprint density at radius 3 is 2.89 bits per heavy atom. The summed E-state index contributed by atoms with van der Waals surface area (Å²) in [6.07, 6.45) is 2.79. The Balaban J connectivity index is 2.53. The van der Waals surface area contributed by atoms with Crippen LogP contribution in [0.2, 0.25) is 0 Å². The molecule has 0 bridgehead atoms. The summed E-state index contributed by atoms with van der Waals surface area (Å²) in [5.41, 5.74) is 2.38. The van der Waals surface area contributed by atoms with Crippen molar-refractivity contribution in [3.63, 3.8) is 0 Å². The number of hydrogen-bond acceptors (Lipinski definition) is 2. The number of fused-ring (bicyclic) bond motifs is 1. The van der Waals surface area contributed by atoms with Gasteiger partial charge in [0.1, 0.15) is 11.6 Å². The fraction of sp³-hybridized carbons (Fsp3) is 0.462. The summed E-state index contributed by atoms with van der Waals surface area (Å²) >= 11 is 7.59. The zero-order valence-electron chi connectivity index (χ0n) is 10.5. The van der Waals surface area contributed by atoms with Crippen LogP contribution in [0.5, 0.6) is 0 Å². The Morgan fingerprint density at radius 1 is 1.44 bits per heavy atom. The van der Waals surface area contributed by atoms with Crippen molar-refractivity contribution in [2.24, 2.45) is 0 Å². The monoisotopic (exact) mass is 286 g/mol. The number of benzene rings is 1. The smallest absolute Gasteiger partial charge is 0.128 e. The maximum absolute atomic E-state index is 13.5. The van der Waals surface area contributed by atoms with Crippen LogP contribution < -0.4 is 0 Å². The van der Waals surface area contributed by atoms with Crippen molar-refractivity contribution in [2.75, 3.05) is 17.9 Å². The molecule has 2 aromatic rings. The van der Waals surface area contributed by atoms with Gasteiger partial charge in [-0.1, -0.05) is 0 Å². The molecule has 0 N–H and O–H groups in total. The van der Waals surface area contributed by atoms with Gasteiger partial charge >= 0.3 is 0 Å². The lowest BCUT2D eigenvalue weighted by molar-refractivity contribution is 0.620.